The predicted octanol–water partition coefficient (Wildman–Crippen LogP) is 4.53. The maximum absolute atomic E-state index is 13.5. The fourth-order valence-electron chi connectivity index (χ4n) is 3.92. The third-order valence-corrected chi connectivity index (χ3v) is 8.09. The molecule has 0 saturated carbocycles. The quantitative estimate of drug-likeness (QED) is 0.461. The summed E-state index contributed by atoms with van der Waals surface area (Å²) in [5.41, 5.74) is 1.40. The molecule has 0 aromatic heterocycles. The van der Waals surface area contributed by atoms with Crippen molar-refractivity contribution < 1.29 is 13.2 Å². The largest absolute Gasteiger partial charge is 0.339 e. The van der Waals surface area contributed by atoms with Gasteiger partial charge in [-0.3, -0.25) is 14.0 Å². The standard InChI is InChI=1S/C25H25Cl2N3O3S/c26-21-11-12-23(27)24(17-21)30(34(32,33)22-9-5-2-6-10-22)19-25(31)29-15-13-28(14-16-29)18-20-7-3-1-4-8-20/h1-12,17H,13-16,18-19H2. The van der Waals surface area contributed by atoms with E-state index < -0.39 is 10.0 Å². The van der Waals surface area contributed by atoms with Crippen molar-refractivity contribution in [1.29, 1.82) is 0 Å². The Hall–Kier alpha value is -2.58. The van der Waals surface area contributed by atoms with Gasteiger partial charge >= 0.3 is 0 Å². The summed E-state index contributed by atoms with van der Waals surface area (Å²) in [5.74, 6) is -0.282. The van der Waals surface area contributed by atoms with Crippen molar-refractivity contribution in [3.8, 4) is 0 Å². The molecule has 9 heteroatoms. The fraction of sp³-hybridized carbons (Fsp3) is 0.240. The van der Waals surface area contributed by atoms with E-state index in [0.717, 1.165) is 10.8 Å². The van der Waals surface area contributed by atoms with Crippen LogP contribution in [0.5, 0.6) is 0 Å². The van der Waals surface area contributed by atoms with Crippen LogP contribution in [0, 0.1) is 0 Å². The Labute approximate surface area is 210 Å². The third kappa shape index (κ3) is 5.73. The Morgan fingerprint density at radius 3 is 2.12 bits per heavy atom. The molecule has 0 aliphatic carbocycles. The van der Waals surface area contributed by atoms with Crippen LogP contribution in [0.25, 0.3) is 0 Å². The maximum Gasteiger partial charge on any atom is 0.264 e. The molecule has 3 aromatic carbocycles. The van der Waals surface area contributed by atoms with Gasteiger partial charge in [-0.2, -0.15) is 0 Å². The molecule has 1 saturated heterocycles. The van der Waals surface area contributed by atoms with Crippen LogP contribution in [-0.2, 0) is 21.4 Å². The smallest absolute Gasteiger partial charge is 0.264 e. The van der Waals surface area contributed by atoms with Crippen LogP contribution in [0.2, 0.25) is 10.0 Å². The summed E-state index contributed by atoms with van der Waals surface area (Å²) in [6, 6.07) is 22.7. The molecule has 0 bridgehead atoms. The minimum atomic E-state index is -4.05. The highest BCUT2D eigenvalue weighted by molar-refractivity contribution is 7.92. The maximum atomic E-state index is 13.5. The summed E-state index contributed by atoms with van der Waals surface area (Å²) in [6.07, 6.45) is 0. The SMILES string of the molecule is O=C(CN(c1cc(Cl)ccc1Cl)S(=O)(=O)c1ccccc1)N1CCN(Cc2ccccc2)CC1. The number of rotatable bonds is 7. The van der Waals surface area contributed by atoms with Crippen molar-refractivity contribution in [2.24, 2.45) is 0 Å². The van der Waals surface area contributed by atoms with Gasteiger partial charge in [0.2, 0.25) is 5.91 Å². The number of anilines is 1. The van der Waals surface area contributed by atoms with Crippen LogP contribution in [0.3, 0.4) is 0 Å². The number of carbonyl (C=O) groups is 1. The van der Waals surface area contributed by atoms with E-state index in [0.29, 0.717) is 31.2 Å². The summed E-state index contributed by atoms with van der Waals surface area (Å²) >= 11 is 12.5. The number of benzene rings is 3. The lowest BCUT2D eigenvalue weighted by Gasteiger charge is -2.36. The van der Waals surface area contributed by atoms with Gasteiger partial charge in [0, 0.05) is 37.7 Å². The Morgan fingerprint density at radius 1 is 0.853 bits per heavy atom. The van der Waals surface area contributed by atoms with Crippen molar-refractivity contribution in [2.45, 2.75) is 11.4 Å². The van der Waals surface area contributed by atoms with Gasteiger partial charge in [0.05, 0.1) is 15.6 Å². The Kier molecular flexibility index (Phi) is 7.78. The highest BCUT2D eigenvalue weighted by Gasteiger charge is 2.31. The predicted molar refractivity (Wildman–Crippen MR) is 136 cm³/mol. The fourth-order valence-corrected chi connectivity index (χ4v) is 5.80. The average molecular weight is 518 g/mol. The van der Waals surface area contributed by atoms with Gasteiger partial charge < -0.3 is 4.90 Å². The van der Waals surface area contributed by atoms with Crippen LogP contribution in [0.1, 0.15) is 5.56 Å². The van der Waals surface area contributed by atoms with Crippen molar-refractivity contribution in [2.75, 3.05) is 37.0 Å². The lowest BCUT2D eigenvalue weighted by atomic mass is 10.2. The molecule has 0 unspecified atom stereocenters. The highest BCUT2D eigenvalue weighted by atomic mass is 35.5. The van der Waals surface area contributed by atoms with E-state index in [1.807, 2.05) is 18.2 Å². The number of nitrogens with zero attached hydrogens (tertiary/aromatic N) is 3. The first-order valence-electron chi connectivity index (χ1n) is 10.9. The number of halogens is 2. The lowest BCUT2D eigenvalue weighted by Crippen LogP contribution is -2.51. The molecule has 1 aliphatic heterocycles. The molecule has 1 fully saturated rings. The van der Waals surface area contributed by atoms with Gasteiger partial charge in [-0.15, -0.1) is 0 Å². The minimum absolute atomic E-state index is 0.0755. The summed E-state index contributed by atoms with van der Waals surface area (Å²) in [6.45, 7) is 2.92. The second-order valence-corrected chi connectivity index (χ2v) is 10.8. The van der Waals surface area contributed by atoms with Crippen molar-refractivity contribution in [3.05, 3.63) is 94.5 Å². The lowest BCUT2D eigenvalue weighted by molar-refractivity contribution is -0.131. The summed E-state index contributed by atoms with van der Waals surface area (Å²) in [4.78, 5) is 17.3. The van der Waals surface area contributed by atoms with Crippen LogP contribution < -0.4 is 4.31 Å². The van der Waals surface area contributed by atoms with Gasteiger partial charge in [-0.25, -0.2) is 8.42 Å². The zero-order valence-electron chi connectivity index (χ0n) is 18.5. The Bertz CT molecular complexity index is 1230. The van der Waals surface area contributed by atoms with Crippen molar-refractivity contribution in [1.82, 2.24) is 9.80 Å². The van der Waals surface area contributed by atoms with Gasteiger partial charge in [-0.1, -0.05) is 71.7 Å². The third-order valence-electron chi connectivity index (χ3n) is 5.76. The number of amides is 1. The molecule has 1 aliphatic rings. The average Bonchev–Trinajstić information content (AvgIpc) is 2.85. The monoisotopic (exact) mass is 517 g/mol. The van der Waals surface area contributed by atoms with E-state index in [1.54, 1.807) is 29.2 Å². The molecule has 0 radical (unpaired) electrons. The summed E-state index contributed by atoms with van der Waals surface area (Å²) < 4.78 is 28.1. The van der Waals surface area contributed by atoms with E-state index >= 15 is 0 Å². The molecular formula is C25H25Cl2N3O3S. The number of hydrogen-bond acceptors (Lipinski definition) is 4. The van der Waals surface area contributed by atoms with E-state index in [2.05, 4.69) is 17.0 Å². The second kappa shape index (κ2) is 10.8. The number of piperazine rings is 1. The van der Waals surface area contributed by atoms with Crippen molar-refractivity contribution in [3.63, 3.8) is 0 Å². The van der Waals surface area contributed by atoms with Crippen LogP contribution in [0.4, 0.5) is 5.69 Å². The molecule has 0 spiro atoms. The van der Waals surface area contributed by atoms with E-state index in [1.165, 1.54) is 29.8 Å². The topological polar surface area (TPSA) is 60.9 Å². The van der Waals surface area contributed by atoms with E-state index in [9.17, 15) is 13.2 Å². The first-order chi connectivity index (χ1) is 16.3. The van der Waals surface area contributed by atoms with E-state index in [-0.39, 0.29) is 28.1 Å². The molecule has 0 atom stereocenters. The Balaban J connectivity index is 1.52. The van der Waals surface area contributed by atoms with Gasteiger partial charge in [0.25, 0.3) is 10.0 Å². The molecule has 0 N–H and O–H groups in total. The van der Waals surface area contributed by atoms with E-state index in [4.69, 9.17) is 23.2 Å². The molecule has 1 heterocycles. The normalized spacial score (nSPS) is 14.7. The number of hydrogen-bond donors (Lipinski definition) is 0. The summed E-state index contributed by atoms with van der Waals surface area (Å²) in [7, 11) is -4.05. The molecule has 6 nitrogen and oxygen atoms in total. The Morgan fingerprint density at radius 2 is 1.47 bits per heavy atom. The minimum Gasteiger partial charge on any atom is -0.339 e. The van der Waals surface area contributed by atoms with Crippen molar-refractivity contribution >= 4 is 44.8 Å². The number of sulfonamides is 1. The van der Waals surface area contributed by atoms with Gasteiger partial charge in [0.1, 0.15) is 6.54 Å². The zero-order valence-corrected chi connectivity index (χ0v) is 20.8. The second-order valence-electron chi connectivity index (χ2n) is 8.06. The molecule has 34 heavy (non-hydrogen) atoms. The molecule has 3 aromatic rings. The first kappa shape index (κ1) is 24.5. The van der Waals surface area contributed by atoms with Crippen LogP contribution >= 0.6 is 23.2 Å². The molecule has 4 rings (SSSR count). The molecular weight excluding hydrogens is 493 g/mol. The zero-order chi connectivity index (χ0) is 24.1. The van der Waals surface area contributed by atoms with Crippen LogP contribution in [-0.4, -0.2) is 56.8 Å². The highest BCUT2D eigenvalue weighted by Crippen LogP contribution is 2.33. The first-order valence-corrected chi connectivity index (χ1v) is 13.1. The van der Waals surface area contributed by atoms with Gasteiger partial charge in [-0.05, 0) is 35.9 Å². The molecule has 1 amide bonds. The van der Waals surface area contributed by atoms with Crippen LogP contribution in [0.15, 0.2) is 83.8 Å². The van der Waals surface area contributed by atoms with Gasteiger partial charge in [0.15, 0.2) is 0 Å². The summed E-state index contributed by atoms with van der Waals surface area (Å²) in [5, 5.41) is 0.527. The molecule has 178 valence electrons. The number of carbonyl (C=O) groups excluding carboxylic acids is 1.